The Hall–Kier alpha value is -5.97. The minimum absolute atomic E-state index is 0.264. The Labute approximate surface area is 498 Å². The smallest absolute Gasteiger partial charge is 0.159 e. The van der Waals surface area contributed by atoms with Gasteiger partial charge in [0.1, 0.15) is 29.1 Å². The predicted molar refractivity (Wildman–Crippen MR) is 330 cm³/mol. The van der Waals surface area contributed by atoms with E-state index >= 15 is 0 Å². The molecule has 1 fully saturated rings. The largest absolute Gasteiger partial charge is 0.261 e. The monoisotopic (exact) mass is 1240 g/mol. The molecule has 0 unspecified atom stereocenters. The van der Waals surface area contributed by atoms with E-state index in [-0.39, 0.29) is 17.6 Å². The van der Waals surface area contributed by atoms with Gasteiger partial charge in [0.25, 0.3) is 0 Å². The number of aromatic nitrogens is 12. The van der Waals surface area contributed by atoms with Gasteiger partial charge in [0, 0.05) is 107 Å². The van der Waals surface area contributed by atoms with Crippen LogP contribution in [0.2, 0.25) is 5.02 Å². The van der Waals surface area contributed by atoms with E-state index in [2.05, 4.69) is 175 Å². The second kappa shape index (κ2) is 38.6. The summed E-state index contributed by atoms with van der Waals surface area (Å²) in [6.45, 7) is 33.3. The molecule has 0 radical (unpaired) electrons. The molecule has 12 nitrogen and oxygen atoms in total. The molecule has 8 heterocycles. The topological polar surface area (TPSA) is 155 Å². The van der Waals surface area contributed by atoms with Gasteiger partial charge in [0.05, 0.1) is 28.1 Å². The van der Waals surface area contributed by atoms with E-state index in [9.17, 15) is 8.78 Å². The molecule has 8 aromatic heterocycles. The Morgan fingerprint density at radius 1 is 0.350 bits per heavy atom. The second-order valence-corrected chi connectivity index (χ2v) is 23.2. The standard InChI is InChI=1S/C10H14N2.C8H10BrN.C8H10ClN.C8H10FN.C8H11N.C7H9BrN2.C7H9FN2.C7H10N2/c1-7(2)10-11-5-9(6-12-10)8-3-4-8;3*1-6(2)8-4-3-7(9)5-10-8;1-7(2)8-5-3-4-6-9-8;2*1-5(2)7-9-3-6(8)4-10-7;1-6(2)7-8-4-3-5-9-7/h5-8H,3-4H2,1-2H3;3*3-6H,1-2H3;3-7H,1-2H3;2*3-5H,1-2H3;3-6H,1-2H3. The third kappa shape index (κ3) is 30.6. The summed E-state index contributed by atoms with van der Waals surface area (Å²) < 4.78 is 26.5. The Balaban J connectivity index is 0.000000313. The van der Waals surface area contributed by atoms with Crippen LogP contribution in [0.25, 0.3) is 0 Å². The van der Waals surface area contributed by atoms with Crippen LogP contribution in [-0.2, 0) is 0 Å². The lowest BCUT2D eigenvalue weighted by Gasteiger charge is -2.03. The van der Waals surface area contributed by atoms with Crippen LogP contribution in [0.3, 0.4) is 0 Å². The molecule has 0 atom stereocenters. The molecule has 8 aromatic rings. The Kier molecular flexibility index (Phi) is 33.9. The number of pyridine rings is 4. The molecule has 80 heavy (non-hydrogen) atoms. The number of halogens is 5. The molecule has 430 valence electrons. The van der Waals surface area contributed by atoms with Gasteiger partial charge in [-0.3, -0.25) is 19.9 Å². The van der Waals surface area contributed by atoms with Crippen molar-refractivity contribution in [3.05, 3.63) is 212 Å². The Morgan fingerprint density at radius 2 is 0.713 bits per heavy atom. The molecule has 1 aliphatic carbocycles. The number of nitrogens with zero attached hydrogens (tertiary/aromatic N) is 12. The molecule has 0 bridgehead atoms. The molecule has 0 aliphatic heterocycles. The summed E-state index contributed by atoms with van der Waals surface area (Å²) in [6, 6.07) is 18.8. The quantitative estimate of drug-likeness (QED) is 0.135. The first-order valence-electron chi connectivity index (χ1n) is 27.2. The molecule has 17 heteroatoms. The first-order valence-corrected chi connectivity index (χ1v) is 29.1. The van der Waals surface area contributed by atoms with E-state index in [1.807, 2.05) is 101 Å². The fraction of sp³-hybridized carbons (Fsp3) is 0.429. The van der Waals surface area contributed by atoms with Crippen molar-refractivity contribution in [3.63, 3.8) is 0 Å². The van der Waals surface area contributed by atoms with Gasteiger partial charge in [-0.05, 0) is 134 Å². The average molecular weight is 1240 g/mol. The van der Waals surface area contributed by atoms with E-state index < -0.39 is 0 Å². The van der Waals surface area contributed by atoms with Crippen LogP contribution < -0.4 is 0 Å². The third-order valence-electron chi connectivity index (χ3n) is 11.0. The zero-order chi connectivity index (χ0) is 59.7. The summed E-state index contributed by atoms with van der Waals surface area (Å²) in [7, 11) is 0. The van der Waals surface area contributed by atoms with Crippen molar-refractivity contribution in [2.24, 2.45) is 0 Å². The van der Waals surface area contributed by atoms with E-state index in [0.717, 1.165) is 55.1 Å². The van der Waals surface area contributed by atoms with Crippen molar-refractivity contribution in [1.29, 1.82) is 0 Å². The Morgan fingerprint density at radius 3 is 1.05 bits per heavy atom. The lowest BCUT2D eigenvalue weighted by Crippen LogP contribution is -1.97. The van der Waals surface area contributed by atoms with Crippen molar-refractivity contribution in [3.8, 4) is 0 Å². The van der Waals surface area contributed by atoms with Crippen LogP contribution in [0.1, 0.15) is 229 Å². The molecule has 0 amide bonds. The number of rotatable bonds is 9. The average Bonchev–Trinajstić information content (AvgIpc) is 4.30. The van der Waals surface area contributed by atoms with Crippen molar-refractivity contribution < 1.29 is 8.78 Å². The molecule has 9 rings (SSSR count). The van der Waals surface area contributed by atoms with E-state index in [1.165, 1.54) is 43.1 Å². The lowest BCUT2D eigenvalue weighted by molar-refractivity contribution is 0.604. The minimum atomic E-state index is -0.385. The predicted octanol–water partition coefficient (Wildman–Crippen LogP) is 18.6. The highest BCUT2D eigenvalue weighted by Gasteiger charge is 2.24. The molecule has 1 saturated carbocycles. The van der Waals surface area contributed by atoms with Crippen LogP contribution in [0.15, 0.2) is 144 Å². The molecular weight excluding hydrogens is 1160 g/mol. The summed E-state index contributed by atoms with van der Waals surface area (Å²) in [6.07, 6.45) is 22.6. The second-order valence-electron chi connectivity index (χ2n) is 21.0. The molecule has 1 aliphatic rings. The van der Waals surface area contributed by atoms with Crippen molar-refractivity contribution in [2.75, 3.05) is 0 Å². The maximum atomic E-state index is 12.3. The number of hydrogen-bond donors (Lipinski definition) is 0. The van der Waals surface area contributed by atoms with Gasteiger partial charge in [-0.2, -0.15) is 0 Å². The highest BCUT2D eigenvalue weighted by molar-refractivity contribution is 9.10. The van der Waals surface area contributed by atoms with Gasteiger partial charge in [-0.15, -0.1) is 0 Å². The summed E-state index contributed by atoms with van der Waals surface area (Å²) in [5.41, 5.74) is 5.64. The van der Waals surface area contributed by atoms with E-state index in [4.69, 9.17) is 11.6 Å². The maximum absolute atomic E-state index is 12.3. The van der Waals surface area contributed by atoms with Crippen molar-refractivity contribution >= 4 is 43.5 Å². The summed E-state index contributed by atoms with van der Waals surface area (Å²) >= 11 is 12.3. The third-order valence-corrected chi connectivity index (χ3v) is 12.1. The molecule has 0 aromatic carbocycles. The summed E-state index contributed by atoms with van der Waals surface area (Å²) in [4.78, 5) is 49.1. The summed E-state index contributed by atoms with van der Waals surface area (Å²) in [5.74, 6) is 7.04. The maximum Gasteiger partial charge on any atom is 0.159 e. The molecule has 0 spiro atoms. The van der Waals surface area contributed by atoms with Crippen LogP contribution in [0, 0.1) is 11.6 Å². The van der Waals surface area contributed by atoms with Crippen LogP contribution in [0.5, 0.6) is 0 Å². The fourth-order valence-corrected chi connectivity index (χ4v) is 6.58. The van der Waals surface area contributed by atoms with Crippen molar-refractivity contribution in [2.45, 2.75) is 177 Å². The van der Waals surface area contributed by atoms with E-state index in [0.29, 0.717) is 52.3 Å². The zero-order valence-electron chi connectivity index (χ0n) is 49.6. The van der Waals surface area contributed by atoms with Gasteiger partial charge in [-0.1, -0.05) is 128 Å². The fourth-order valence-electron chi connectivity index (χ4n) is 6.03. The molecular formula is C63H83Br2ClF2N12. The first-order chi connectivity index (χ1) is 37.9. The molecule has 0 N–H and O–H groups in total. The zero-order valence-corrected chi connectivity index (χ0v) is 53.5. The van der Waals surface area contributed by atoms with Crippen LogP contribution in [0.4, 0.5) is 8.78 Å². The van der Waals surface area contributed by atoms with Crippen molar-refractivity contribution in [1.82, 2.24) is 59.8 Å². The normalized spacial score (nSPS) is 11.3. The van der Waals surface area contributed by atoms with Crippen LogP contribution >= 0.6 is 43.5 Å². The summed E-state index contributed by atoms with van der Waals surface area (Å²) in [5, 5.41) is 0.699. The van der Waals surface area contributed by atoms with E-state index in [1.54, 1.807) is 37.1 Å². The van der Waals surface area contributed by atoms with Gasteiger partial charge >= 0.3 is 0 Å². The highest BCUT2D eigenvalue weighted by Crippen LogP contribution is 2.39. The first kappa shape index (κ1) is 70.1. The van der Waals surface area contributed by atoms with Gasteiger partial charge in [0.2, 0.25) is 0 Å². The van der Waals surface area contributed by atoms with Gasteiger partial charge in [-0.25, -0.2) is 48.7 Å². The lowest BCUT2D eigenvalue weighted by atomic mass is 10.1. The minimum Gasteiger partial charge on any atom is -0.261 e. The van der Waals surface area contributed by atoms with Gasteiger partial charge in [0.15, 0.2) is 5.82 Å². The van der Waals surface area contributed by atoms with Gasteiger partial charge < -0.3 is 0 Å². The highest BCUT2D eigenvalue weighted by atomic mass is 79.9. The SMILES string of the molecule is CC(C)c1ccc(Br)cn1.CC(C)c1ccc(Cl)cn1.CC(C)c1ccc(F)cn1.CC(C)c1ccccn1.CC(C)c1ncc(Br)cn1.CC(C)c1ncc(C2CC2)cn1.CC(C)c1ncc(F)cn1.CC(C)c1ncccn1. The van der Waals surface area contributed by atoms with Crippen LogP contribution in [-0.4, -0.2) is 59.8 Å². The Bertz CT molecular complexity index is 2460. The molecule has 0 saturated heterocycles. The number of hydrogen-bond acceptors (Lipinski definition) is 12.